The van der Waals surface area contributed by atoms with E-state index in [9.17, 15) is 19.8 Å². The Kier molecular flexibility index (Phi) is 6.03. The first-order valence-electron chi connectivity index (χ1n) is 10.6. The summed E-state index contributed by atoms with van der Waals surface area (Å²) in [7, 11) is 0. The van der Waals surface area contributed by atoms with Crippen LogP contribution in [0, 0.1) is 0 Å². The minimum atomic E-state index is -0.973. The molecule has 0 unspecified atom stereocenters. The Morgan fingerprint density at radius 3 is 2.25 bits per heavy atom. The van der Waals surface area contributed by atoms with Gasteiger partial charge in [-0.25, -0.2) is 14.6 Å². The highest BCUT2D eigenvalue weighted by Gasteiger charge is 2.18. The fourth-order valence-corrected chi connectivity index (χ4v) is 4.00. The van der Waals surface area contributed by atoms with Crippen LogP contribution in [0.5, 0.6) is 0 Å². The Labute approximate surface area is 185 Å². The Morgan fingerprint density at radius 1 is 0.875 bits per heavy atom. The van der Waals surface area contributed by atoms with Crippen LogP contribution in [0.15, 0.2) is 66.7 Å². The van der Waals surface area contributed by atoms with E-state index in [4.69, 9.17) is 4.98 Å². The number of unbranched alkanes of at least 4 members (excludes halogenated alkanes) is 1. The summed E-state index contributed by atoms with van der Waals surface area (Å²) in [4.78, 5) is 28.1. The van der Waals surface area contributed by atoms with Gasteiger partial charge in [-0.3, -0.25) is 0 Å². The van der Waals surface area contributed by atoms with Crippen LogP contribution in [0.4, 0.5) is 0 Å². The van der Waals surface area contributed by atoms with Crippen molar-refractivity contribution < 1.29 is 19.8 Å². The molecule has 0 aliphatic heterocycles. The van der Waals surface area contributed by atoms with Crippen molar-refractivity contribution in [3.05, 3.63) is 89.2 Å². The third-order valence-electron chi connectivity index (χ3n) is 5.59. The largest absolute Gasteiger partial charge is 0.478 e. The molecule has 0 fully saturated rings. The Bertz CT molecular complexity index is 1290. The number of hydrogen-bond donors (Lipinski definition) is 2. The second-order valence-corrected chi connectivity index (χ2v) is 7.74. The molecule has 2 N–H and O–H groups in total. The molecule has 1 heterocycles. The fraction of sp³-hybridized carbons (Fsp3) is 0.192. The zero-order valence-corrected chi connectivity index (χ0v) is 17.8. The van der Waals surface area contributed by atoms with Crippen molar-refractivity contribution in [3.63, 3.8) is 0 Å². The predicted molar refractivity (Wildman–Crippen MR) is 123 cm³/mol. The van der Waals surface area contributed by atoms with E-state index in [0.717, 1.165) is 36.2 Å². The highest BCUT2D eigenvalue weighted by molar-refractivity contribution is 6.01. The molecule has 6 nitrogen and oxygen atoms in total. The predicted octanol–water partition coefficient (Wildman–Crippen LogP) is 5.49. The van der Waals surface area contributed by atoms with E-state index in [1.165, 1.54) is 0 Å². The molecule has 32 heavy (non-hydrogen) atoms. The van der Waals surface area contributed by atoms with E-state index in [0.29, 0.717) is 23.1 Å². The lowest BCUT2D eigenvalue weighted by Crippen LogP contribution is -2.08. The van der Waals surface area contributed by atoms with Gasteiger partial charge < -0.3 is 14.8 Å². The quantitative estimate of drug-likeness (QED) is 0.387. The number of benzene rings is 3. The summed E-state index contributed by atoms with van der Waals surface area (Å²) in [5.41, 5.74) is 4.28. The van der Waals surface area contributed by atoms with Crippen LogP contribution >= 0.6 is 0 Å². The van der Waals surface area contributed by atoms with E-state index in [-0.39, 0.29) is 11.1 Å². The summed E-state index contributed by atoms with van der Waals surface area (Å²) in [5.74, 6) is -1.06. The van der Waals surface area contributed by atoms with Gasteiger partial charge in [0.2, 0.25) is 0 Å². The minimum absolute atomic E-state index is 0.241. The number of carbonyl (C=O) groups is 2. The average molecular weight is 428 g/mol. The molecular weight excluding hydrogens is 404 g/mol. The highest BCUT2D eigenvalue weighted by Crippen LogP contribution is 2.26. The van der Waals surface area contributed by atoms with E-state index >= 15 is 0 Å². The second-order valence-electron chi connectivity index (χ2n) is 7.74. The van der Waals surface area contributed by atoms with Gasteiger partial charge in [0.25, 0.3) is 0 Å². The summed E-state index contributed by atoms with van der Waals surface area (Å²) in [5, 5.41) is 19.2. The van der Waals surface area contributed by atoms with Gasteiger partial charge in [0, 0.05) is 13.0 Å². The van der Waals surface area contributed by atoms with Gasteiger partial charge in [-0.05, 0) is 41.3 Å². The molecule has 0 bridgehead atoms. The van der Waals surface area contributed by atoms with Crippen molar-refractivity contribution in [1.82, 2.24) is 9.55 Å². The zero-order chi connectivity index (χ0) is 22.7. The maximum atomic E-state index is 11.8. The van der Waals surface area contributed by atoms with Gasteiger partial charge in [0.05, 0.1) is 22.2 Å². The summed E-state index contributed by atoms with van der Waals surface area (Å²) in [6, 6.07) is 19.8. The van der Waals surface area contributed by atoms with Crippen LogP contribution < -0.4 is 0 Å². The molecular formula is C26H24N2O4. The molecule has 4 aromatic rings. The maximum absolute atomic E-state index is 11.8. The number of para-hydroxylation sites is 1. The molecule has 3 aromatic carbocycles. The number of aryl methyl sites for hydroxylation is 1. The van der Waals surface area contributed by atoms with Crippen LogP contribution in [0.25, 0.3) is 22.2 Å². The van der Waals surface area contributed by atoms with Gasteiger partial charge in [0.15, 0.2) is 0 Å². The lowest BCUT2D eigenvalue weighted by Gasteiger charge is -2.12. The zero-order valence-electron chi connectivity index (χ0n) is 17.8. The maximum Gasteiger partial charge on any atom is 0.337 e. The fourth-order valence-electron chi connectivity index (χ4n) is 4.00. The number of aromatic carboxylic acids is 2. The number of carboxylic acids is 2. The van der Waals surface area contributed by atoms with Crippen molar-refractivity contribution in [2.75, 3.05) is 0 Å². The van der Waals surface area contributed by atoms with E-state index in [1.807, 2.05) is 41.0 Å². The first-order valence-corrected chi connectivity index (χ1v) is 10.6. The van der Waals surface area contributed by atoms with E-state index < -0.39 is 11.9 Å². The van der Waals surface area contributed by atoms with E-state index in [2.05, 4.69) is 6.92 Å². The summed E-state index contributed by atoms with van der Waals surface area (Å²) in [6.07, 6.45) is 2.76. The Balaban J connectivity index is 1.73. The number of imidazole rings is 1. The van der Waals surface area contributed by atoms with Crippen molar-refractivity contribution >= 4 is 23.0 Å². The molecule has 0 atom stereocenters. The summed E-state index contributed by atoms with van der Waals surface area (Å²) >= 11 is 0. The van der Waals surface area contributed by atoms with Crippen molar-refractivity contribution in [2.24, 2.45) is 0 Å². The summed E-state index contributed by atoms with van der Waals surface area (Å²) in [6.45, 7) is 2.60. The molecule has 0 saturated heterocycles. The van der Waals surface area contributed by atoms with Crippen LogP contribution in [0.3, 0.4) is 0 Å². The molecule has 0 saturated carbocycles. The van der Waals surface area contributed by atoms with Gasteiger partial charge in [-0.1, -0.05) is 61.9 Å². The third-order valence-corrected chi connectivity index (χ3v) is 5.59. The smallest absolute Gasteiger partial charge is 0.337 e. The number of aromatic nitrogens is 2. The van der Waals surface area contributed by atoms with Crippen LogP contribution in [-0.2, 0) is 13.0 Å². The van der Waals surface area contributed by atoms with Gasteiger partial charge in [-0.2, -0.15) is 0 Å². The Hall–Kier alpha value is -3.93. The molecule has 6 heteroatoms. The van der Waals surface area contributed by atoms with Gasteiger partial charge in [-0.15, -0.1) is 0 Å². The SMILES string of the molecule is CCCCc1nc2cccc(C(=O)O)c2n1Cc1ccc(-c2ccccc2C(=O)O)cc1. The first-order chi connectivity index (χ1) is 15.5. The van der Waals surface area contributed by atoms with Crippen molar-refractivity contribution in [3.8, 4) is 11.1 Å². The van der Waals surface area contributed by atoms with E-state index in [1.54, 1.807) is 30.3 Å². The molecule has 4 rings (SSSR count). The third kappa shape index (κ3) is 4.12. The Morgan fingerprint density at radius 2 is 1.56 bits per heavy atom. The molecule has 0 aliphatic carbocycles. The lowest BCUT2D eigenvalue weighted by atomic mass is 9.98. The standard InChI is InChI=1S/C26H24N2O4/c1-2-3-11-23-27-22-10-6-9-21(26(31)32)24(22)28(23)16-17-12-14-18(15-13-17)19-7-4-5-8-20(19)25(29)30/h4-10,12-15H,2-3,11,16H2,1H3,(H,29,30)(H,31,32). The molecule has 1 aromatic heterocycles. The number of rotatable bonds is 8. The van der Waals surface area contributed by atoms with Crippen molar-refractivity contribution in [1.29, 1.82) is 0 Å². The number of hydrogen-bond acceptors (Lipinski definition) is 3. The normalized spacial score (nSPS) is 11.0. The molecule has 0 radical (unpaired) electrons. The molecule has 0 spiro atoms. The number of carboxylic acid groups (broad SMARTS) is 2. The first kappa shape index (κ1) is 21.3. The summed E-state index contributed by atoms with van der Waals surface area (Å²) < 4.78 is 1.99. The van der Waals surface area contributed by atoms with Crippen LogP contribution in [-0.4, -0.2) is 31.7 Å². The van der Waals surface area contributed by atoms with Gasteiger partial charge >= 0.3 is 11.9 Å². The number of nitrogens with zero attached hydrogens (tertiary/aromatic N) is 2. The topological polar surface area (TPSA) is 92.4 Å². The minimum Gasteiger partial charge on any atom is -0.478 e. The van der Waals surface area contributed by atoms with Crippen LogP contribution in [0.2, 0.25) is 0 Å². The number of fused-ring (bicyclic) bond motifs is 1. The van der Waals surface area contributed by atoms with Crippen molar-refractivity contribution in [2.45, 2.75) is 32.7 Å². The lowest BCUT2D eigenvalue weighted by molar-refractivity contribution is 0.0687. The average Bonchev–Trinajstić information content (AvgIpc) is 3.15. The monoisotopic (exact) mass is 428 g/mol. The second kappa shape index (κ2) is 9.06. The molecule has 162 valence electrons. The molecule has 0 amide bonds. The van der Waals surface area contributed by atoms with Crippen LogP contribution in [0.1, 0.15) is 51.9 Å². The highest BCUT2D eigenvalue weighted by atomic mass is 16.4. The molecule has 0 aliphatic rings. The van der Waals surface area contributed by atoms with Gasteiger partial charge in [0.1, 0.15) is 5.82 Å².